The van der Waals surface area contributed by atoms with Gasteiger partial charge in [0.1, 0.15) is 5.75 Å². The predicted molar refractivity (Wildman–Crippen MR) is 146 cm³/mol. The highest BCUT2D eigenvalue weighted by molar-refractivity contribution is 9.10. The topological polar surface area (TPSA) is 91.8 Å². The van der Waals surface area contributed by atoms with Crippen LogP contribution in [-0.2, 0) is 19.2 Å². The van der Waals surface area contributed by atoms with Gasteiger partial charge in [-0.2, -0.15) is 0 Å². The van der Waals surface area contributed by atoms with E-state index in [1.807, 2.05) is 13.0 Å². The molecule has 2 aromatic rings. The maximum atomic E-state index is 13.9. The third-order valence-corrected chi connectivity index (χ3v) is 9.18. The number of aryl methyl sites for hydroxylation is 1. The number of carbonyl (C=O) groups is 4. The molecule has 6 nitrogen and oxygen atoms in total. The summed E-state index contributed by atoms with van der Waals surface area (Å²) in [5.74, 6) is -3.59. The summed E-state index contributed by atoms with van der Waals surface area (Å²) >= 11 is 9.77. The van der Waals surface area contributed by atoms with Crippen LogP contribution in [0.25, 0.3) is 0 Å². The molecule has 0 aromatic heterocycles. The number of rotatable bonds is 2. The summed E-state index contributed by atoms with van der Waals surface area (Å²) in [4.78, 5) is 55.4. The van der Waals surface area contributed by atoms with Crippen molar-refractivity contribution in [3.8, 4) is 5.75 Å². The molecule has 4 unspecified atom stereocenters. The second-order valence-electron chi connectivity index (χ2n) is 10.4. The summed E-state index contributed by atoms with van der Waals surface area (Å²) in [6, 6.07) is 10.1. The van der Waals surface area contributed by atoms with Crippen molar-refractivity contribution in [1.82, 2.24) is 0 Å². The number of phenolic OH excluding ortho intramolecular Hbond substituents is 1. The van der Waals surface area contributed by atoms with Gasteiger partial charge in [0.2, 0.25) is 11.8 Å². The van der Waals surface area contributed by atoms with Crippen LogP contribution in [0.3, 0.4) is 0 Å². The van der Waals surface area contributed by atoms with Crippen LogP contribution < -0.4 is 4.90 Å². The number of hydrogen-bond acceptors (Lipinski definition) is 5. The van der Waals surface area contributed by atoms with Gasteiger partial charge in [0, 0.05) is 37.7 Å². The van der Waals surface area contributed by atoms with E-state index >= 15 is 0 Å². The van der Waals surface area contributed by atoms with E-state index in [2.05, 4.69) is 15.9 Å². The number of allylic oxidation sites excluding steroid dienone is 6. The molecule has 2 aromatic carbocycles. The van der Waals surface area contributed by atoms with Gasteiger partial charge in [-0.1, -0.05) is 45.2 Å². The van der Waals surface area contributed by atoms with Crippen LogP contribution >= 0.6 is 27.5 Å². The maximum Gasteiger partial charge on any atom is 0.238 e. The Hall–Kier alpha value is -3.29. The van der Waals surface area contributed by atoms with Crippen molar-refractivity contribution in [1.29, 1.82) is 0 Å². The Bertz CT molecular complexity index is 1580. The smallest absolute Gasteiger partial charge is 0.238 e. The number of hydrogen-bond donors (Lipinski definition) is 1. The zero-order chi connectivity index (χ0) is 27.0. The molecule has 4 atom stereocenters. The minimum Gasteiger partial charge on any atom is -0.508 e. The van der Waals surface area contributed by atoms with Crippen LogP contribution in [0.4, 0.5) is 5.69 Å². The number of amides is 2. The standard InChI is InChI=1S/C30H23BrClNO5/c1-13-3-5-16(11-22(13)32)33-29(37)18-7-6-17-19(26(18)30(33)38)12-21-27(24(35)9-14(2)28(21)36)25(17)20-10-15(31)4-8-23(20)34/h3-6,8-11,18-19,25-26,34H,7,12H2,1-2H3. The number of Topliss-reactive ketones (excluding diaryl/α,β-unsaturated/α-hetero) is 1. The fourth-order valence-electron chi connectivity index (χ4n) is 6.47. The first-order valence-corrected chi connectivity index (χ1v) is 13.6. The van der Waals surface area contributed by atoms with E-state index in [0.29, 0.717) is 43.9 Å². The van der Waals surface area contributed by atoms with Gasteiger partial charge in [-0.25, -0.2) is 4.90 Å². The molecule has 1 heterocycles. The Morgan fingerprint density at radius 2 is 1.76 bits per heavy atom. The summed E-state index contributed by atoms with van der Waals surface area (Å²) in [7, 11) is 0. The van der Waals surface area contributed by atoms with E-state index in [1.165, 1.54) is 11.0 Å². The second-order valence-corrected chi connectivity index (χ2v) is 11.7. The SMILES string of the molecule is CC1=CC(=O)C2=C(CC3C(=CCC4C(=O)N(c5ccc(C)c(Cl)c5)C(=O)C43)C2c2cc(Br)ccc2O)C1=O. The average molecular weight is 593 g/mol. The molecule has 6 rings (SSSR count). The highest BCUT2D eigenvalue weighted by Gasteiger charge is 2.56. The first kappa shape index (κ1) is 25.0. The molecule has 8 heteroatoms. The van der Waals surface area contributed by atoms with Crippen LogP contribution in [0.5, 0.6) is 5.75 Å². The Kier molecular flexibility index (Phi) is 5.85. The second kappa shape index (κ2) is 8.89. The summed E-state index contributed by atoms with van der Waals surface area (Å²) < 4.78 is 0.708. The first-order valence-electron chi connectivity index (χ1n) is 12.4. The van der Waals surface area contributed by atoms with Crippen LogP contribution in [-0.4, -0.2) is 28.5 Å². The van der Waals surface area contributed by atoms with Gasteiger partial charge < -0.3 is 5.11 Å². The molecule has 0 spiro atoms. The van der Waals surface area contributed by atoms with E-state index < -0.39 is 23.7 Å². The summed E-state index contributed by atoms with van der Waals surface area (Å²) in [5, 5.41) is 11.3. The van der Waals surface area contributed by atoms with Gasteiger partial charge in [-0.15, -0.1) is 0 Å². The van der Waals surface area contributed by atoms with Crippen LogP contribution in [0.2, 0.25) is 5.02 Å². The molecule has 2 amide bonds. The quantitative estimate of drug-likeness (QED) is 0.272. The number of nitrogens with zero attached hydrogens (tertiary/aromatic N) is 1. The lowest BCUT2D eigenvalue weighted by molar-refractivity contribution is -0.123. The van der Waals surface area contributed by atoms with Gasteiger partial charge in [0.15, 0.2) is 11.6 Å². The summed E-state index contributed by atoms with van der Waals surface area (Å²) in [6.45, 7) is 3.46. The largest absolute Gasteiger partial charge is 0.508 e. The molecule has 1 aliphatic heterocycles. The van der Waals surface area contributed by atoms with Crippen molar-refractivity contribution in [2.24, 2.45) is 17.8 Å². The molecule has 4 aliphatic rings. The molecule has 1 fully saturated rings. The first-order chi connectivity index (χ1) is 18.1. The van der Waals surface area contributed by atoms with Crippen molar-refractivity contribution < 1.29 is 24.3 Å². The Morgan fingerprint density at radius 1 is 1.00 bits per heavy atom. The van der Waals surface area contributed by atoms with E-state index in [-0.39, 0.29) is 35.6 Å². The fourth-order valence-corrected chi connectivity index (χ4v) is 7.02. The van der Waals surface area contributed by atoms with Gasteiger partial charge in [-0.3, -0.25) is 19.2 Å². The van der Waals surface area contributed by atoms with Gasteiger partial charge in [0.25, 0.3) is 0 Å². The molecule has 1 saturated heterocycles. The number of ketones is 2. The van der Waals surface area contributed by atoms with E-state index in [0.717, 1.165) is 11.1 Å². The number of imide groups is 1. The van der Waals surface area contributed by atoms with E-state index in [4.69, 9.17) is 11.6 Å². The molecule has 1 N–H and O–H groups in total. The monoisotopic (exact) mass is 591 g/mol. The minimum absolute atomic E-state index is 0.00926. The van der Waals surface area contributed by atoms with Crippen molar-refractivity contribution >= 4 is 56.6 Å². The number of benzene rings is 2. The van der Waals surface area contributed by atoms with Crippen molar-refractivity contribution in [3.63, 3.8) is 0 Å². The molecule has 0 radical (unpaired) electrons. The molecule has 3 aliphatic carbocycles. The molecular formula is C30H23BrClNO5. The minimum atomic E-state index is -0.700. The third-order valence-electron chi connectivity index (χ3n) is 8.28. The van der Waals surface area contributed by atoms with E-state index in [1.54, 1.807) is 43.3 Å². The number of aromatic hydroxyl groups is 1. The van der Waals surface area contributed by atoms with Crippen molar-refractivity contribution in [2.75, 3.05) is 4.90 Å². The molecule has 0 saturated carbocycles. The van der Waals surface area contributed by atoms with Gasteiger partial charge in [-0.05, 0) is 74.6 Å². The maximum absolute atomic E-state index is 13.9. The van der Waals surface area contributed by atoms with Crippen LogP contribution in [0.1, 0.15) is 36.8 Å². The number of fused-ring (bicyclic) bond motifs is 3. The highest BCUT2D eigenvalue weighted by atomic mass is 79.9. The Morgan fingerprint density at radius 3 is 2.50 bits per heavy atom. The molecular weight excluding hydrogens is 570 g/mol. The molecule has 38 heavy (non-hydrogen) atoms. The molecule has 0 bridgehead atoms. The lowest BCUT2D eigenvalue weighted by Gasteiger charge is -2.42. The van der Waals surface area contributed by atoms with Crippen LogP contribution in [0.15, 0.2) is 75.3 Å². The van der Waals surface area contributed by atoms with Gasteiger partial charge >= 0.3 is 0 Å². The summed E-state index contributed by atoms with van der Waals surface area (Å²) in [5.41, 5.74) is 3.57. The zero-order valence-electron chi connectivity index (χ0n) is 20.6. The number of anilines is 1. The van der Waals surface area contributed by atoms with Crippen LogP contribution in [0, 0.1) is 24.7 Å². The fraction of sp³-hybridized carbons (Fsp3) is 0.267. The number of carbonyl (C=O) groups excluding carboxylic acids is 4. The lowest BCUT2D eigenvalue weighted by Crippen LogP contribution is -2.39. The summed E-state index contributed by atoms with van der Waals surface area (Å²) in [6.07, 6.45) is 3.79. The van der Waals surface area contributed by atoms with Crippen molar-refractivity contribution in [3.05, 3.63) is 91.5 Å². The third kappa shape index (κ3) is 3.59. The Balaban J connectivity index is 1.50. The lowest BCUT2D eigenvalue weighted by atomic mass is 9.59. The zero-order valence-corrected chi connectivity index (χ0v) is 23.0. The molecule has 192 valence electrons. The highest BCUT2D eigenvalue weighted by Crippen LogP contribution is 2.56. The van der Waals surface area contributed by atoms with Gasteiger partial charge in [0.05, 0.1) is 17.5 Å². The average Bonchev–Trinajstić information content (AvgIpc) is 3.14. The number of halogens is 2. The predicted octanol–water partition coefficient (Wildman–Crippen LogP) is 5.75. The normalized spacial score (nSPS) is 26.7. The van der Waals surface area contributed by atoms with Crippen molar-refractivity contribution in [2.45, 2.75) is 32.6 Å². The Labute approximate surface area is 232 Å². The number of phenols is 1. The van der Waals surface area contributed by atoms with E-state index in [9.17, 15) is 24.3 Å².